The van der Waals surface area contributed by atoms with Crippen molar-refractivity contribution in [3.63, 3.8) is 0 Å². The number of nitrogens with two attached hydrogens (primary N) is 1. The second-order valence-corrected chi connectivity index (χ2v) is 5.52. The van der Waals surface area contributed by atoms with Gasteiger partial charge in [-0.1, -0.05) is 5.16 Å². The summed E-state index contributed by atoms with van der Waals surface area (Å²) < 4.78 is 10.9. The van der Waals surface area contributed by atoms with E-state index in [0.717, 1.165) is 31.6 Å². The van der Waals surface area contributed by atoms with Crippen LogP contribution in [-0.2, 0) is 10.8 Å². The Balaban J connectivity index is 3.34. The molecule has 0 rings (SSSR count). The summed E-state index contributed by atoms with van der Waals surface area (Å²) in [6.07, 6.45) is 5.20. The minimum atomic E-state index is -0.703. The van der Waals surface area contributed by atoms with E-state index in [1.807, 2.05) is 0 Å². The van der Waals surface area contributed by atoms with Gasteiger partial charge in [0.2, 0.25) is 0 Å². The lowest BCUT2D eigenvalue weighted by Gasteiger charge is -2.12. The van der Waals surface area contributed by atoms with Crippen LogP contribution in [0.1, 0.15) is 32.6 Å². The Morgan fingerprint density at radius 2 is 2.25 bits per heavy atom. The topological polar surface area (TPSA) is 87.7 Å². The number of rotatable bonds is 9. The number of hydrogen-bond acceptors (Lipinski definition) is 4. The highest BCUT2D eigenvalue weighted by atomic mass is 32.2. The highest BCUT2D eigenvalue weighted by Gasteiger charge is 2.02. The normalized spacial score (nSPS) is 16.0. The largest absolute Gasteiger partial charge is 0.409 e. The summed E-state index contributed by atoms with van der Waals surface area (Å²) in [4.78, 5) is 0. The molecule has 2 atom stereocenters. The Kier molecular flexibility index (Phi) is 9.22. The molecule has 0 saturated carbocycles. The molecule has 0 aromatic rings. The molecule has 96 valence electrons. The van der Waals surface area contributed by atoms with Crippen molar-refractivity contribution in [1.82, 2.24) is 5.32 Å². The van der Waals surface area contributed by atoms with Crippen molar-refractivity contribution >= 4 is 16.6 Å². The third-order valence-corrected chi connectivity index (χ3v) is 3.13. The van der Waals surface area contributed by atoms with Crippen molar-refractivity contribution in [3.05, 3.63) is 0 Å². The van der Waals surface area contributed by atoms with Gasteiger partial charge in [-0.05, 0) is 32.7 Å². The third-order valence-electron chi connectivity index (χ3n) is 2.32. The first-order chi connectivity index (χ1) is 7.56. The van der Waals surface area contributed by atoms with Crippen molar-refractivity contribution in [2.45, 2.75) is 38.6 Å². The predicted octanol–water partition coefficient (Wildman–Crippen LogP) is 0.650. The third kappa shape index (κ3) is 9.92. The van der Waals surface area contributed by atoms with Crippen LogP contribution < -0.4 is 11.1 Å². The molecule has 0 aliphatic heterocycles. The molecule has 2 unspecified atom stereocenters. The lowest BCUT2D eigenvalue weighted by atomic mass is 10.2. The molecule has 0 saturated heterocycles. The fraction of sp³-hybridized carbons (Fsp3) is 0.900. The summed E-state index contributed by atoms with van der Waals surface area (Å²) in [6.45, 7) is 3.01. The van der Waals surface area contributed by atoms with Crippen LogP contribution in [0, 0.1) is 0 Å². The van der Waals surface area contributed by atoms with Crippen LogP contribution in [0.5, 0.6) is 0 Å². The summed E-state index contributed by atoms with van der Waals surface area (Å²) in [6, 6.07) is 0.396. The first-order valence-electron chi connectivity index (χ1n) is 5.56. The number of unbranched alkanes of at least 4 members (excludes halogenated alkanes) is 1. The lowest BCUT2D eigenvalue weighted by Crippen LogP contribution is -2.28. The molecule has 0 aromatic carbocycles. The molecule has 0 bridgehead atoms. The minimum Gasteiger partial charge on any atom is -0.409 e. The standard InChI is InChI=1S/C10H23N3O2S/c1-9(6-8-16(2)15)12-7-4-3-5-10(11)13-14/h9,12,14H,3-8H2,1-2H3,(H2,11,13). The highest BCUT2D eigenvalue weighted by Crippen LogP contribution is 1.96. The Morgan fingerprint density at radius 3 is 2.81 bits per heavy atom. The molecule has 0 fully saturated rings. The van der Waals surface area contributed by atoms with Gasteiger partial charge in [0.15, 0.2) is 0 Å². The summed E-state index contributed by atoms with van der Waals surface area (Å²) in [5, 5.41) is 14.6. The summed E-state index contributed by atoms with van der Waals surface area (Å²) >= 11 is 0. The molecular formula is C10H23N3O2S. The second-order valence-electron chi connectivity index (χ2n) is 3.97. The van der Waals surface area contributed by atoms with Crippen molar-refractivity contribution in [3.8, 4) is 0 Å². The number of amidine groups is 1. The first kappa shape index (κ1) is 15.4. The minimum absolute atomic E-state index is 0.287. The van der Waals surface area contributed by atoms with Crippen LogP contribution in [0.2, 0.25) is 0 Å². The van der Waals surface area contributed by atoms with Crippen LogP contribution in [0.3, 0.4) is 0 Å². The fourth-order valence-corrected chi connectivity index (χ4v) is 1.96. The Morgan fingerprint density at radius 1 is 1.56 bits per heavy atom. The first-order valence-corrected chi connectivity index (χ1v) is 7.28. The van der Waals surface area contributed by atoms with E-state index in [9.17, 15) is 4.21 Å². The zero-order valence-corrected chi connectivity index (χ0v) is 10.9. The molecule has 0 spiro atoms. The van der Waals surface area contributed by atoms with Gasteiger partial charge >= 0.3 is 0 Å². The number of nitrogens with zero attached hydrogens (tertiary/aromatic N) is 1. The van der Waals surface area contributed by atoms with E-state index in [0.29, 0.717) is 12.5 Å². The van der Waals surface area contributed by atoms with E-state index in [1.165, 1.54) is 0 Å². The highest BCUT2D eigenvalue weighted by molar-refractivity contribution is 7.84. The van der Waals surface area contributed by atoms with E-state index in [4.69, 9.17) is 10.9 Å². The van der Waals surface area contributed by atoms with Crippen LogP contribution in [-0.4, -0.2) is 39.8 Å². The molecule has 0 radical (unpaired) electrons. The van der Waals surface area contributed by atoms with Gasteiger partial charge in [-0.25, -0.2) is 0 Å². The molecule has 0 aromatic heterocycles. The quantitative estimate of drug-likeness (QED) is 0.184. The van der Waals surface area contributed by atoms with Gasteiger partial charge in [0.1, 0.15) is 5.84 Å². The van der Waals surface area contributed by atoms with E-state index in [1.54, 1.807) is 6.26 Å². The predicted molar refractivity (Wildman–Crippen MR) is 68.3 cm³/mol. The van der Waals surface area contributed by atoms with Crippen LogP contribution in [0.25, 0.3) is 0 Å². The fourth-order valence-electron chi connectivity index (χ4n) is 1.27. The Labute approximate surface area is 99.9 Å². The van der Waals surface area contributed by atoms with Crippen molar-refractivity contribution in [1.29, 1.82) is 0 Å². The Hall–Kier alpha value is -0.620. The summed E-state index contributed by atoms with van der Waals surface area (Å²) in [7, 11) is -0.703. The van der Waals surface area contributed by atoms with Gasteiger partial charge < -0.3 is 16.3 Å². The van der Waals surface area contributed by atoms with Gasteiger partial charge in [0.25, 0.3) is 0 Å². The lowest BCUT2D eigenvalue weighted by molar-refractivity contribution is 0.316. The van der Waals surface area contributed by atoms with Gasteiger partial charge in [-0.15, -0.1) is 0 Å². The number of hydrogen-bond donors (Lipinski definition) is 3. The van der Waals surface area contributed by atoms with E-state index in [2.05, 4.69) is 17.4 Å². The maximum atomic E-state index is 10.9. The van der Waals surface area contributed by atoms with Gasteiger partial charge in [0, 0.05) is 35.3 Å². The van der Waals surface area contributed by atoms with E-state index in [-0.39, 0.29) is 5.84 Å². The monoisotopic (exact) mass is 249 g/mol. The van der Waals surface area contributed by atoms with Crippen molar-refractivity contribution in [2.24, 2.45) is 10.9 Å². The maximum Gasteiger partial charge on any atom is 0.139 e. The second kappa shape index (κ2) is 9.59. The molecule has 0 aliphatic carbocycles. The molecule has 6 heteroatoms. The molecule has 4 N–H and O–H groups in total. The molecule has 0 aliphatic rings. The molecule has 16 heavy (non-hydrogen) atoms. The van der Waals surface area contributed by atoms with Crippen LogP contribution >= 0.6 is 0 Å². The molecule has 0 amide bonds. The van der Waals surface area contributed by atoms with E-state index >= 15 is 0 Å². The molecular weight excluding hydrogens is 226 g/mol. The maximum absolute atomic E-state index is 10.9. The molecule has 5 nitrogen and oxygen atoms in total. The van der Waals surface area contributed by atoms with E-state index < -0.39 is 10.8 Å². The average molecular weight is 249 g/mol. The summed E-state index contributed by atoms with van der Waals surface area (Å²) in [5.41, 5.74) is 5.34. The van der Waals surface area contributed by atoms with Gasteiger partial charge in [-0.2, -0.15) is 0 Å². The van der Waals surface area contributed by atoms with Crippen molar-refractivity contribution in [2.75, 3.05) is 18.6 Å². The average Bonchev–Trinajstić information content (AvgIpc) is 2.25. The van der Waals surface area contributed by atoms with Gasteiger partial charge in [0.05, 0.1) is 0 Å². The zero-order chi connectivity index (χ0) is 12.4. The van der Waals surface area contributed by atoms with Crippen LogP contribution in [0.4, 0.5) is 0 Å². The Bertz CT molecular complexity index is 234. The van der Waals surface area contributed by atoms with Crippen molar-refractivity contribution < 1.29 is 9.42 Å². The summed E-state index contributed by atoms with van der Waals surface area (Å²) in [5.74, 6) is 1.03. The molecule has 0 heterocycles. The smallest absolute Gasteiger partial charge is 0.139 e. The number of nitrogens with one attached hydrogen (secondary N) is 1. The zero-order valence-electron chi connectivity index (χ0n) is 10.1. The number of oxime groups is 1. The van der Waals surface area contributed by atoms with Crippen LogP contribution in [0.15, 0.2) is 5.16 Å². The van der Waals surface area contributed by atoms with Gasteiger partial charge in [-0.3, -0.25) is 4.21 Å². The SMILES string of the molecule is CC(CCS(C)=O)NCCCCC(N)=NO.